The highest BCUT2D eigenvalue weighted by Gasteiger charge is 2.35. The first-order valence-corrected chi connectivity index (χ1v) is 7.20. The predicted octanol–water partition coefficient (Wildman–Crippen LogP) is 1.91. The molecule has 1 aliphatic rings. The molecule has 1 rings (SSSR count). The van der Waals surface area contributed by atoms with E-state index >= 15 is 0 Å². The Morgan fingerprint density at radius 2 is 1.94 bits per heavy atom. The third kappa shape index (κ3) is 4.53. The molecule has 0 aromatic rings. The Morgan fingerprint density at radius 3 is 2.44 bits per heavy atom. The molecule has 3 N–H and O–H groups in total. The van der Waals surface area contributed by atoms with Crippen LogP contribution in [0.4, 0.5) is 0 Å². The van der Waals surface area contributed by atoms with E-state index in [-0.39, 0.29) is 5.91 Å². The third-order valence-corrected chi connectivity index (χ3v) is 3.88. The van der Waals surface area contributed by atoms with Gasteiger partial charge in [0.15, 0.2) is 0 Å². The van der Waals surface area contributed by atoms with Crippen molar-refractivity contribution < 1.29 is 9.53 Å². The van der Waals surface area contributed by atoms with Gasteiger partial charge >= 0.3 is 0 Å². The Hall–Kier alpha value is -0.680. The Morgan fingerprint density at radius 1 is 1.33 bits per heavy atom. The first-order chi connectivity index (χ1) is 8.60. The van der Waals surface area contributed by atoms with Crippen molar-refractivity contribution in [3.63, 3.8) is 0 Å². The zero-order chi connectivity index (χ0) is 13.4. The van der Waals surface area contributed by atoms with Crippen LogP contribution in [0.2, 0.25) is 0 Å². The third-order valence-electron chi connectivity index (χ3n) is 3.49. The fraction of sp³-hybridized carbons (Fsp3) is 0.846. The van der Waals surface area contributed by atoms with Crippen LogP contribution in [0.15, 0.2) is 0 Å². The van der Waals surface area contributed by atoms with Gasteiger partial charge in [-0.25, -0.2) is 0 Å². The number of hydrogen-bond donors (Lipinski definition) is 2. The van der Waals surface area contributed by atoms with Crippen LogP contribution in [0.5, 0.6) is 0 Å². The standard InChI is InChI=1S/C13H24N2O2S/c1-2-17-10-7-11(16)15-13(12(14)18)8-5-3-4-6-9-13/h2-10H2,1H3,(H2,14,18)(H,15,16). The van der Waals surface area contributed by atoms with Crippen LogP contribution in [0.3, 0.4) is 0 Å². The van der Waals surface area contributed by atoms with Gasteiger partial charge in [0.25, 0.3) is 0 Å². The van der Waals surface area contributed by atoms with E-state index in [4.69, 9.17) is 22.7 Å². The second-order valence-corrected chi connectivity index (χ2v) is 5.30. The fourth-order valence-corrected chi connectivity index (χ4v) is 2.66. The minimum Gasteiger partial charge on any atom is -0.391 e. The SMILES string of the molecule is CCOCCC(=O)NC1(C(N)=S)CCCCCC1. The number of ether oxygens (including phenoxy) is 1. The average Bonchev–Trinajstić information content (AvgIpc) is 2.56. The summed E-state index contributed by atoms with van der Waals surface area (Å²) >= 11 is 5.17. The molecule has 1 amide bonds. The number of carbonyl (C=O) groups is 1. The normalized spacial score (nSPS) is 18.9. The van der Waals surface area contributed by atoms with Gasteiger partial charge in [-0.3, -0.25) is 4.79 Å². The van der Waals surface area contributed by atoms with Crippen LogP contribution in [-0.2, 0) is 9.53 Å². The summed E-state index contributed by atoms with van der Waals surface area (Å²) in [6.07, 6.45) is 6.63. The minimum absolute atomic E-state index is 0.0156. The smallest absolute Gasteiger partial charge is 0.223 e. The lowest BCUT2D eigenvalue weighted by atomic mass is 9.90. The topological polar surface area (TPSA) is 64.3 Å². The molecule has 0 bridgehead atoms. The highest BCUT2D eigenvalue weighted by molar-refractivity contribution is 7.80. The molecule has 18 heavy (non-hydrogen) atoms. The maximum atomic E-state index is 11.9. The number of rotatable bonds is 6. The molecule has 1 aliphatic carbocycles. The molecule has 0 aliphatic heterocycles. The first kappa shape index (κ1) is 15.4. The van der Waals surface area contributed by atoms with E-state index in [1.807, 2.05) is 6.92 Å². The molecular weight excluding hydrogens is 248 g/mol. The Labute approximate surface area is 115 Å². The van der Waals surface area contributed by atoms with E-state index in [1.54, 1.807) is 0 Å². The van der Waals surface area contributed by atoms with E-state index in [9.17, 15) is 4.79 Å². The highest BCUT2D eigenvalue weighted by atomic mass is 32.1. The second kappa shape index (κ2) is 7.69. The number of thiocarbonyl (C=S) groups is 1. The lowest BCUT2D eigenvalue weighted by Gasteiger charge is -2.33. The van der Waals surface area contributed by atoms with Crippen molar-refractivity contribution in [3.8, 4) is 0 Å². The van der Waals surface area contributed by atoms with Gasteiger partial charge < -0.3 is 15.8 Å². The van der Waals surface area contributed by atoms with Crippen LogP contribution >= 0.6 is 12.2 Å². The summed E-state index contributed by atoms with van der Waals surface area (Å²) in [4.78, 5) is 12.3. The predicted molar refractivity (Wildman–Crippen MR) is 76.5 cm³/mol. The van der Waals surface area contributed by atoms with Crippen LogP contribution < -0.4 is 11.1 Å². The molecule has 1 fully saturated rings. The van der Waals surface area contributed by atoms with Gasteiger partial charge in [-0.2, -0.15) is 0 Å². The van der Waals surface area contributed by atoms with Gasteiger partial charge in [0.05, 0.1) is 17.1 Å². The number of nitrogens with one attached hydrogen (secondary N) is 1. The summed E-state index contributed by atoms with van der Waals surface area (Å²) < 4.78 is 5.19. The Kier molecular flexibility index (Phi) is 6.57. The van der Waals surface area contributed by atoms with Crippen molar-refractivity contribution in [2.45, 2.75) is 57.4 Å². The van der Waals surface area contributed by atoms with Crippen molar-refractivity contribution in [2.24, 2.45) is 5.73 Å². The molecule has 5 heteroatoms. The molecule has 1 saturated carbocycles. The van der Waals surface area contributed by atoms with E-state index < -0.39 is 5.54 Å². The van der Waals surface area contributed by atoms with Gasteiger partial charge in [-0.15, -0.1) is 0 Å². The summed E-state index contributed by atoms with van der Waals surface area (Å²) in [7, 11) is 0. The molecule has 0 aromatic carbocycles. The van der Waals surface area contributed by atoms with Crippen LogP contribution in [0, 0.1) is 0 Å². The zero-order valence-electron chi connectivity index (χ0n) is 11.2. The molecule has 0 unspecified atom stereocenters. The van der Waals surface area contributed by atoms with Gasteiger partial charge in [0, 0.05) is 13.0 Å². The zero-order valence-corrected chi connectivity index (χ0v) is 12.0. The summed E-state index contributed by atoms with van der Waals surface area (Å²) in [5, 5.41) is 3.05. The molecule has 104 valence electrons. The van der Waals surface area contributed by atoms with Gasteiger partial charge in [0.1, 0.15) is 0 Å². The van der Waals surface area contributed by atoms with Gasteiger partial charge in [-0.05, 0) is 19.8 Å². The van der Waals surface area contributed by atoms with Gasteiger partial charge in [0.2, 0.25) is 5.91 Å². The number of nitrogens with two attached hydrogens (primary N) is 1. The van der Waals surface area contributed by atoms with Crippen molar-refractivity contribution in [2.75, 3.05) is 13.2 Å². The minimum atomic E-state index is -0.463. The van der Waals surface area contributed by atoms with E-state index in [0.717, 1.165) is 25.7 Å². The largest absolute Gasteiger partial charge is 0.391 e. The summed E-state index contributed by atoms with van der Waals surface area (Å²) in [5.41, 5.74) is 5.40. The Balaban J connectivity index is 2.55. The highest BCUT2D eigenvalue weighted by Crippen LogP contribution is 2.27. The van der Waals surface area contributed by atoms with E-state index in [2.05, 4.69) is 5.32 Å². The lowest BCUT2D eigenvalue weighted by Crippen LogP contribution is -2.56. The molecule has 0 radical (unpaired) electrons. The molecule has 0 spiro atoms. The maximum Gasteiger partial charge on any atom is 0.223 e. The molecule has 4 nitrogen and oxygen atoms in total. The average molecular weight is 272 g/mol. The second-order valence-electron chi connectivity index (χ2n) is 4.86. The number of hydrogen-bond acceptors (Lipinski definition) is 3. The number of carbonyl (C=O) groups excluding carboxylic acids is 1. The van der Waals surface area contributed by atoms with Crippen LogP contribution in [-0.4, -0.2) is 29.6 Å². The van der Waals surface area contributed by atoms with E-state index in [1.165, 1.54) is 12.8 Å². The van der Waals surface area contributed by atoms with Crippen molar-refractivity contribution in [3.05, 3.63) is 0 Å². The summed E-state index contributed by atoms with van der Waals surface area (Å²) in [6.45, 7) is 3.00. The lowest BCUT2D eigenvalue weighted by molar-refractivity contribution is -0.123. The molecule has 0 saturated heterocycles. The first-order valence-electron chi connectivity index (χ1n) is 6.79. The van der Waals surface area contributed by atoms with Crippen molar-refractivity contribution >= 4 is 23.1 Å². The Bertz CT molecular complexity index is 287. The quantitative estimate of drug-likeness (QED) is 0.440. The molecule has 0 aromatic heterocycles. The maximum absolute atomic E-state index is 11.9. The monoisotopic (exact) mass is 272 g/mol. The molecular formula is C13H24N2O2S. The summed E-state index contributed by atoms with van der Waals surface area (Å²) in [5.74, 6) is -0.0156. The fourth-order valence-electron chi connectivity index (χ4n) is 2.40. The molecule has 0 heterocycles. The molecule has 0 atom stereocenters. The van der Waals surface area contributed by atoms with Crippen molar-refractivity contribution in [1.82, 2.24) is 5.32 Å². The van der Waals surface area contributed by atoms with Crippen LogP contribution in [0.25, 0.3) is 0 Å². The summed E-state index contributed by atoms with van der Waals surface area (Å²) in [6, 6.07) is 0. The van der Waals surface area contributed by atoms with Crippen molar-refractivity contribution in [1.29, 1.82) is 0 Å². The number of amides is 1. The van der Waals surface area contributed by atoms with Crippen LogP contribution in [0.1, 0.15) is 51.9 Å². The van der Waals surface area contributed by atoms with Gasteiger partial charge in [-0.1, -0.05) is 37.9 Å². The van der Waals surface area contributed by atoms with E-state index in [0.29, 0.717) is 24.6 Å².